The van der Waals surface area contributed by atoms with E-state index >= 15 is 0 Å². The second-order valence-electron chi connectivity index (χ2n) is 6.50. The Morgan fingerprint density at radius 3 is 2.88 bits per heavy atom. The van der Waals surface area contributed by atoms with Crippen LogP contribution in [-0.4, -0.2) is 68.7 Å². The molecule has 2 fully saturated rings. The zero-order valence-corrected chi connectivity index (χ0v) is 15.0. The van der Waals surface area contributed by atoms with Gasteiger partial charge in [0.15, 0.2) is 0 Å². The molecule has 0 aromatic rings. The Hall–Kier alpha value is -1.21. The van der Waals surface area contributed by atoms with Crippen molar-refractivity contribution < 1.29 is 13.2 Å². The van der Waals surface area contributed by atoms with Gasteiger partial charge in [-0.05, 0) is 38.1 Å². The average Bonchev–Trinajstić information content (AvgIpc) is 3.12. The maximum Gasteiger partial charge on any atom is 0.281 e. The summed E-state index contributed by atoms with van der Waals surface area (Å²) < 4.78 is 27.8. The molecule has 0 bridgehead atoms. The second-order valence-corrected chi connectivity index (χ2v) is 8.53. The van der Waals surface area contributed by atoms with Crippen molar-refractivity contribution in [2.24, 2.45) is 5.92 Å². The number of piperidine rings is 1. The zero-order chi connectivity index (χ0) is 17.6. The van der Waals surface area contributed by atoms with Gasteiger partial charge in [0.1, 0.15) is 0 Å². The first kappa shape index (κ1) is 19.1. The lowest BCUT2D eigenvalue weighted by molar-refractivity contribution is -0.123. The molecule has 0 spiro atoms. The van der Waals surface area contributed by atoms with Gasteiger partial charge in [0.2, 0.25) is 5.91 Å². The minimum absolute atomic E-state index is 0.0126. The Bertz CT molecular complexity index is 568. The average molecular weight is 357 g/mol. The largest absolute Gasteiger partial charge is 0.354 e. The highest BCUT2D eigenvalue weighted by atomic mass is 32.2. The van der Waals surface area contributed by atoms with Gasteiger partial charge in [-0.2, -0.15) is 22.3 Å². The summed E-state index contributed by atoms with van der Waals surface area (Å²) in [4.78, 5) is 12.0. The van der Waals surface area contributed by atoms with Gasteiger partial charge in [-0.25, -0.2) is 0 Å². The molecule has 2 N–H and O–H groups in total. The van der Waals surface area contributed by atoms with Gasteiger partial charge in [0, 0.05) is 39.6 Å². The van der Waals surface area contributed by atoms with E-state index in [1.165, 1.54) is 15.7 Å². The van der Waals surface area contributed by atoms with Crippen LogP contribution in [0, 0.1) is 17.2 Å². The quantitative estimate of drug-likeness (QED) is 0.648. The summed E-state index contributed by atoms with van der Waals surface area (Å²) >= 11 is 0. The van der Waals surface area contributed by atoms with E-state index < -0.39 is 10.2 Å². The van der Waals surface area contributed by atoms with E-state index in [0.717, 1.165) is 32.2 Å². The van der Waals surface area contributed by atoms with Crippen LogP contribution in [0.15, 0.2) is 0 Å². The van der Waals surface area contributed by atoms with E-state index in [0.29, 0.717) is 19.6 Å². The Morgan fingerprint density at radius 1 is 1.42 bits per heavy atom. The van der Waals surface area contributed by atoms with Gasteiger partial charge >= 0.3 is 0 Å². The van der Waals surface area contributed by atoms with Crippen LogP contribution < -0.4 is 10.6 Å². The summed E-state index contributed by atoms with van der Waals surface area (Å²) in [5.74, 6) is 0.141. The Labute approximate surface area is 144 Å². The van der Waals surface area contributed by atoms with Crippen LogP contribution in [-0.2, 0) is 15.0 Å². The van der Waals surface area contributed by atoms with Gasteiger partial charge in [-0.15, -0.1) is 0 Å². The fourth-order valence-corrected chi connectivity index (χ4v) is 4.67. The summed E-state index contributed by atoms with van der Waals surface area (Å²) in [7, 11) is -2.03. The minimum Gasteiger partial charge on any atom is -0.354 e. The lowest BCUT2D eigenvalue weighted by Gasteiger charge is -2.34. The zero-order valence-electron chi connectivity index (χ0n) is 14.2. The van der Waals surface area contributed by atoms with E-state index in [2.05, 4.69) is 10.6 Å². The highest BCUT2D eigenvalue weighted by Gasteiger charge is 2.32. The van der Waals surface area contributed by atoms with Gasteiger partial charge in [-0.1, -0.05) is 0 Å². The van der Waals surface area contributed by atoms with E-state index in [1.54, 1.807) is 0 Å². The smallest absolute Gasteiger partial charge is 0.281 e. The van der Waals surface area contributed by atoms with Crippen molar-refractivity contribution in [3.63, 3.8) is 0 Å². The maximum absolute atomic E-state index is 12.5. The van der Waals surface area contributed by atoms with Crippen molar-refractivity contribution in [3.8, 4) is 6.07 Å². The van der Waals surface area contributed by atoms with Crippen LogP contribution >= 0.6 is 0 Å². The lowest BCUT2D eigenvalue weighted by atomic mass is 9.99. The molecule has 24 heavy (non-hydrogen) atoms. The molecule has 9 heteroatoms. The Balaban J connectivity index is 1.84. The first-order valence-corrected chi connectivity index (χ1v) is 9.94. The number of amides is 1. The van der Waals surface area contributed by atoms with Crippen molar-refractivity contribution in [1.29, 1.82) is 5.26 Å². The molecule has 136 valence electrons. The molecule has 2 unspecified atom stereocenters. The lowest BCUT2D eigenvalue weighted by Crippen LogP contribution is -2.49. The molecule has 0 aromatic carbocycles. The van der Waals surface area contributed by atoms with Crippen molar-refractivity contribution >= 4 is 16.1 Å². The van der Waals surface area contributed by atoms with E-state index in [1.807, 2.05) is 6.07 Å². The molecule has 0 radical (unpaired) electrons. The molecule has 2 aliphatic heterocycles. The topological polar surface area (TPSA) is 106 Å². The van der Waals surface area contributed by atoms with Crippen molar-refractivity contribution in [2.75, 3.05) is 39.8 Å². The first-order chi connectivity index (χ1) is 11.4. The molecule has 0 aliphatic carbocycles. The van der Waals surface area contributed by atoms with Gasteiger partial charge < -0.3 is 10.6 Å². The predicted molar refractivity (Wildman–Crippen MR) is 90.1 cm³/mol. The molecule has 2 heterocycles. The predicted octanol–water partition coefficient (Wildman–Crippen LogP) is -0.343. The molecule has 2 saturated heterocycles. The van der Waals surface area contributed by atoms with E-state index in [4.69, 9.17) is 5.26 Å². The third kappa shape index (κ3) is 4.89. The van der Waals surface area contributed by atoms with Gasteiger partial charge in [-0.3, -0.25) is 4.79 Å². The van der Waals surface area contributed by atoms with Crippen LogP contribution in [0.2, 0.25) is 0 Å². The van der Waals surface area contributed by atoms with Crippen LogP contribution in [0.3, 0.4) is 0 Å². The van der Waals surface area contributed by atoms with Crippen LogP contribution in [0.4, 0.5) is 0 Å². The molecule has 1 amide bonds. The maximum atomic E-state index is 12.5. The normalized spacial score (nSPS) is 25.5. The SMILES string of the molecule is CN(CCC#N)S(=O)(=O)N1CCCC(CNC(=O)C2CCCN2)C1. The number of carbonyl (C=O) groups excluding carboxylic acids is 1. The van der Waals surface area contributed by atoms with Crippen LogP contribution in [0.25, 0.3) is 0 Å². The third-order valence-electron chi connectivity index (χ3n) is 4.68. The number of hydrogen-bond acceptors (Lipinski definition) is 5. The Morgan fingerprint density at radius 2 is 2.21 bits per heavy atom. The van der Waals surface area contributed by atoms with Crippen molar-refractivity contribution in [3.05, 3.63) is 0 Å². The van der Waals surface area contributed by atoms with Crippen molar-refractivity contribution in [1.82, 2.24) is 19.2 Å². The summed E-state index contributed by atoms with van der Waals surface area (Å²) in [6, 6.07) is 1.86. The monoisotopic (exact) mass is 357 g/mol. The molecule has 8 nitrogen and oxygen atoms in total. The van der Waals surface area contributed by atoms with Gasteiger partial charge in [0.25, 0.3) is 10.2 Å². The molecular formula is C15H27N5O3S. The Kier molecular flexibility index (Phi) is 6.98. The third-order valence-corrected chi connectivity index (χ3v) is 6.64. The molecule has 2 aliphatic rings. The summed E-state index contributed by atoms with van der Waals surface area (Å²) in [5, 5.41) is 14.7. The molecule has 0 saturated carbocycles. The fraction of sp³-hybridized carbons (Fsp3) is 0.867. The molecule has 2 atom stereocenters. The second kappa shape index (κ2) is 8.76. The highest BCUT2D eigenvalue weighted by molar-refractivity contribution is 7.86. The summed E-state index contributed by atoms with van der Waals surface area (Å²) in [6.07, 6.45) is 3.75. The number of carbonyl (C=O) groups is 1. The van der Waals surface area contributed by atoms with Gasteiger partial charge in [0.05, 0.1) is 12.1 Å². The number of nitrogens with zero attached hydrogens (tertiary/aromatic N) is 3. The number of nitrogens with one attached hydrogen (secondary N) is 2. The van der Waals surface area contributed by atoms with Crippen molar-refractivity contribution in [2.45, 2.75) is 38.1 Å². The summed E-state index contributed by atoms with van der Waals surface area (Å²) in [5.41, 5.74) is 0. The van der Waals surface area contributed by atoms with Crippen LogP contribution in [0.5, 0.6) is 0 Å². The molecule has 2 rings (SSSR count). The molecular weight excluding hydrogens is 330 g/mol. The van der Waals surface area contributed by atoms with Crippen LogP contribution in [0.1, 0.15) is 32.1 Å². The minimum atomic E-state index is -3.53. The highest BCUT2D eigenvalue weighted by Crippen LogP contribution is 2.20. The van der Waals surface area contributed by atoms with E-state index in [-0.39, 0.29) is 30.8 Å². The standard InChI is InChI=1S/C15H27N5O3S/c1-19(9-4-7-16)24(22,23)20-10-3-5-13(12-20)11-18-15(21)14-6-2-8-17-14/h13-14,17H,2-6,8-12H2,1H3,(H,18,21). The number of rotatable bonds is 7. The number of nitriles is 1. The summed E-state index contributed by atoms with van der Waals surface area (Å²) in [6.45, 7) is 2.49. The number of hydrogen-bond donors (Lipinski definition) is 2. The molecule has 0 aromatic heterocycles. The van der Waals surface area contributed by atoms with E-state index in [9.17, 15) is 13.2 Å². The first-order valence-electron chi connectivity index (χ1n) is 8.54. The fourth-order valence-electron chi connectivity index (χ4n) is 3.20.